The molecular weight excluding hydrogens is 757 g/mol. The van der Waals surface area contributed by atoms with Crippen LogP contribution in [0.25, 0.3) is 22.1 Å². The zero-order valence-corrected chi connectivity index (χ0v) is 34.0. The largest absolute Gasteiger partial charge is 0.506 e. The number of nitrogens with one attached hydrogen (secondary N) is 2. The Hall–Kier alpha value is -6.53. The second-order valence-electron chi connectivity index (χ2n) is 14.5. The van der Waals surface area contributed by atoms with E-state index in [-0.39, 0.29) is 41.8 Å². The van der Waals surface area contributed by atoms with Gasteiger partial charge in [0, 0.05) is 51.4 Å². The predicted octanol–water partition coefficient (Wildman–Crippen LogP) is 4.41. The number of amides is 3. The maximum Gasteiger partial charge on any atom is 0.276 e. The molecule has 0 aliphatic carbocycles. The third-order valence-corrected chi connectivity index (χ3v) is 10.1. The first-order chi connectivity index (χ1) is 28.4. The van der Waals surface area contributed by atoms with E-state index in [0.29, 0.717) is 65.0 Å². The molecule has 7 rings (SSSR count). The molecule has 1 fully saturated rings. The molecule has 6 aromatic rings. The van der Waals surface area contributed by atoms with Crippen LogP contribution >= 0.6 is 0 Å². The molecule has 18 nitrogen and oxygen atoms in total. The molecular formula is C41H50N12O6. The molecule has 0 radical (unpaired) electrons. The number of imidazole rings is 2. The zero-order valence-electron chi connectivity index (χ0n) is 34.0. The van der Waals surface area contributed by atoms with E-state index in [1.807, 2.05) is 56.5 Å². The fourth-order valence-electron chi connectivity index (χ4n) is 7.33. The van der Waals surface area contributed by atoms with Gasteiger partial charge in [-0.3, -0.25) is 39.3 Å². The van der Waals surface area contributed by atoms with Crippen molar-refractivity contribution in [1.82, 2.24) is 43.6 Å². The van der Waals surface area contributed by atoms with Crippen LogP contribution in [0.3, 0.4) is 0 Å². The Balaban J connectivity index is 1.21. The number of hydrogen-bond acceptors (Lipinski definition) is 11. The van der Waals surface area contributed by atoms with Crippen LogP contribution in [0.2, 0.25) is 0 Å². The normalized spacial score (nSPS) is 13.5. The highest BCUT2D eigenvalue weighted by Crippen LogP contribution is 2.32. The number of anilines is 2. The summed E-state index contributed by atoms with van der Waals surface area (Å²) in [7, 11) is 0. The molecule has 3 amide bonds. The van der Waals surface area contributed by atoms with Gasteiger partial charge in [-0.2, -0.15) is 10.2 Å². The number of morpholine rings is 1. The number of phenolic OH excluding ortho intramolecular Hbond substituents is 1. The lowest BCUT2D eigenvalue weighted by molar-refractivity contribution is 0.0358. The first-order valence-corrected chi connectivity index (χ1v) is 19.8. The standard InChI is InChI=1S/C41H50N12O6/c1-6-52-31(21-26(4)47-52)38(56)45-40-44-30-23-28(37(42)55)24-33(54)35(30)50(40)12-8-9-13-51-36-29(43-41(51)46-39(57)32-22-27(5)48-53(32)7-2)19-25(3)20-34(36)59-16-10-11-49-14-17-58-18-15-49/h8-9,19-24,54H,6-7,10-18H2,1-5H3,(H2,42,55)(H,43,46,57)(H,44,45,56)/b9-8+. The number of aryl methyl sites for hydroxylation is 5. The van der Waals surface area contributed by atoms with E-state index >= 15 is 0 Å². The molecule has 18 heteroatoms. The topological polar surface area (TPSA) is 214 Å². The lowest BCUT2D eigenvalue weighted by Gasteiger charge is -2.26. The van der Waals surface area contributed by atoms with Crippen molar-refractivity contribution >= 4 is 51.7 Å². The lowest BCUT2D eigenvalue weighted by atomic mass is 10.1. The second kappa shape index (κ2) is 17.5. The molecule has 1 saturated heterocycles. The molecule has 310 valence electrons. The molecule has 0 bridgehead atoms. The average molecular weight is 807 g/mol. The molecule has 0 unspecified atom stereocenters. The number of carbonyl (C=O) groups excluding carboxylic acids is 3. The van der Waals surface area contributed by atoms with Crippen LogP contribution in [0.15, 0.2) is 48.6 Å². The Labute approximate surface area is 340 Å². The van der Waals surface area contributed by atoms with Crippen molar-refractivity contribution in [2.45, 2.75) is 67.2 Å². The monoisotopic (exact) mass is 806 g/mol. The highest BCUT2D eigenvalue weighted by molar-refractivity contribution is 6.05. The van der Waals surface area contributed by atoms with E-state index in [1.54, 1.807) is 33.0 Å². The van der Waals surface area contributed by atoms with Gasteiger partial charge in [-0.25, -0.2) is 9.97 Å². The quantitative estimate of drug-likeness (QED) is 0.0794. The first-order valence-electron chi connectivity index (χ1n) is 19.8. The smallest absolute Gasteiger partial charge is 0.276 e. The van der Waals surface area contributed by atoms with Crippen LogP contribution < -0.4 is 21.1 Å². The second-order valence-corrected chi connectivity index (χ2v) is 14.5. The summed E-state index contributed by atoms with van der Waals surface area (Å²) in [6, 6.07) is 10.1. The van der Waals surface area contributed by atoms with Gasteiger partial charge in [0.25, 0.3) is 11.8 Å². The van der Waals surface area contributed by atoms with Crippen molar-refractivity contribution in [1.29, 1.82) is 0 Å². The van der Waals surface area contributed by atoms with Crippen LogP contribution in [0.4, 0.5) is 11.9 Å². The third kappa shape index (κ3) is 8.83. The highest BCUT2D eigenvalue weighted by Gasteiger charge is 2.23. The van der Waals surface area contributed by atoms with Crippen molar-refractivity contribution in [3.8, 4) is 11.5 Å². The summed E-state index contributed by atoms with van der Waals surface area (Å²) < 4.78 is 18.7. The van der Waals surface area contributed by atoms with E-state index in [2.05, 4.69) is 30.7 Å². The average Bonchev–Trinajstić information content (AvgIpc) is 3.97. The number of fused-ring (bicyclic) bond motifs is 2. The summed E-state index contributed by atoms with van der Waals surface area (Å²) >= 11 is 0. The number of ether oxygens (including phenoxy) is 2. The Morgan fingerprint density at radius 1 is 0.814 bits per heavy atom. The molecule has 1 aliphatic heterocycles. The number of nitrogens with zero attached hydrogens (tertiary/aromatic N) is 9. The maximum atomic E-state index is 13.7. The van der Waals surface area contributed by atoms with Crippen LogP contribution in [-0.2, 0) is 30.9 Å². The molecule has 0 saturated carbocycles. The summed E-state index contributed by atoms with van der Waals surface area (Å²) in [5.41, 5.74) is 10.6. The van der Waals surface area contributed by atoms with Crippen molar-refractivity contribution in [2.24, 2.45) is 5.73 Å². The van der Waals surface area contributed by atoms with Gasteiger partial charge in [-0.05, 0) is 83.0 Å². The van der Waals surface area contributed by atoms with Gasteiger partial charge in [0.2, 0.25) is 17.8 Å². The van der Waals surface area contributed by atoms with E-state index < -0.39 is 11.8 Å². The van der Waals surface area contributed by atoms with Gasteiger partial charge in [0.15, 0.2) is 0 Å². The van der Waals surface area contributed by atoms with Crippen molar-refractivity contribution in [3.05, 3.63) is 82.5 Å². The zero-order chi connectivity index (χ0) is 41.8. The summed E-state index contributed by atoms with van der Waals surface area (Å²) in [5, 5.41) is 25.8. The molecule has 5 heterocycles. The number of benzene rings is 2. The molecule has 4 aromatic heterocycles. The number of nitrogens with two attached hydrogens (primary N) is 1. The number of hydrogen-bond donors (Lipinski definition) is 4. The number of carbonyl (C=O) groups is 3. The fourth-order valence-corrected chi connectivity index (χ4v) is 7.33. The van der Waals surface area contributed by atoms with Gasteiger partial charge >= 0.3 is 0 Å². The molecule has 1 aliphatic rings. The third-order valence-electron chi connectivity index (χ3n) is 10.1. The van der Waals surface area contributed by atoms with Crippen LogP contribution in [-0.4, -0.2) is 106 Å². The first kappa shape index (κ1) is 40.7. The predicted molar refractivity (Wildman–Crippen MR) is 222 cm³/mol. The van der Waals surface area contributed by atoms with Gasteiger partial charge < -0.3 is 29.4 Å². The minimum atomic E-state index is -0.732. The maximum absolute atomic E-state index is 13.7. The van der Waals surface area contributed by atoms with Gasteiger partial charge in [-0.15, -0.1) is 0 Å². The van der Waals surface area contributed by atoms with Crippen LogP contribution in [0, 0.1) is 20.8 Å². The van der Waals surface area contributed by atoms with Crippen LogP contribution in [0.5, 0.6) is 11.5 Å². The van der Waals surface area contributed by atoms with E-state index in [9.17, 15) is 19.5 Å². The SMILES string of the molecule is CCn1nc(C)cc1C(=O)Nc1nc2cc(C(N)=O)cc(O)c2n1C/C=C/Cn1c(NC(=O)c2cc(C)nn2CC)nc2cc(C)cc(OCCCN3CCOCC3)c21. The minimum Gasteiger partial charge on any atom is -0.506 e. The van der Waals surface area contributed by atoms with Gasteiger partial charge in [-0.1, -0.05) is 12.2 Å². The Morgan fingerprint density at radius 3 is 1.93 bits per heavy atom. The number of allylic oxidation sites excluding steroid dienone is 2. The molecule has 2 aromatic carbocycles. The number of phenols is 1. The minimum absolute atomic E-state index is 0.0702. The number of primary amides is 1. The number of aromatic nitrogens is 8. The fraction of sp³-hybridized carbons (Fsp3) is 0.390. The van der Waals surface area contributed by atoms with Crippen molar-refractivity contribution in [3.63, 3.8) is 0 Å². The van der Waals surface area contributed by atoms with Gasteiger partial charge in [0.1, 0.15) is 33.9 Å². The molecule has 0 spiro atoms. The molecule has 0 atom stereocenters. The molecule has 5 N–H and O–H groups in total. The number of rotatable bonds is 16. The Morgan fingerprint density at radius 2 is 1.37 bits per heavy atom. The summed E-state index contributed by atoms with van der Waals surface area (Å²) in [6.45, 7) is 15.5. The van der Waals surface area contributed by atoms with E-state index in [0.717, 1.165) is 50.5 Å². The van der Waals surface area contributed by atoms with E-state index in [4.69, 9.17) is 20.2 Å². The highest BCUT2D eigenvalue weighted by atomic mass is 16.5. The number of aromatic hydroxyl groups is 1. The summed E-state index contributed by atoms with van der Waals surface area (Å²) in [4.78, 5) is 51.2. The van der Waals surface area contributed by atoms with Gasteiger partial charge in [0.05, 0.1) is 42.2 Å². The van der Waals surface area contributed by atoms with Crippen molar-refractivity contribution in [2.75, 3.05) is 50.1 Å². The summed E-state index contributed by atoms with van der Waals surface area (Å²) in [6.07, 6.45) is 4.56. The van der Waals surface area contributed by atoms with Crippen LogP contribution in [0.1, 0.15) is 68.6 Å². The lowest BCUT2D eigenvalue weighted by Crippen LogP contribution is -2.37. The Bertz CT molecular complexity index is 2560. The summed E-state index contributed by atoms with van der Waals surface area (Å²) in [5.74, 6) is -0.663. The molecule has 59 heavy (non-hydrogen) atoms. The van der Waals surface area contributed by atoms with E-state index in [1.165, 1.54) is 12.1 Å². The Kier molecular flexibility index (Phi) is 12.1. The van der Waals surface area contributed by atoms with Crippen molar-refractivity contribution < 1.29 is 29.0 Å².